The number of hydrogen-bond donors (Lipinski definition) is 0. The van der Waals surface area contributed by atoms with Gasteiger partial charge in [-0.3, -0.25) is 0 Å². The summed E-state index contributed by atoms with van der Waals surface area (Å²) in [7, 11) is 0. The van der Waals surface area contributed by atoms with Gasteiger partial charge in [-0.15, -0.1) is 15.2 Å². The number of aromatic nitrogens is 2. The van der Waals surface area contributed by atoms with Gasteiger partial charge in [0.25, 0.3) is 0 Å². The maximum atomic E-state index is 9.80. The highest BCUT2D eigenvalue weighted by Gasteiger charge is 2.05. The van der Waals surface area contributed by atoms with E-state index >= 15 is 0 Å². The second kappa shape index (κ2) is 3.37. The molecule has 0 unspecified atom stereocenters. The highest BCUT2D eigenvalue weighted by molar-refractivity contribution is 7.15. The number of carbonyl (C=O) groups excluding carboxylic acids is 1. The van der Waals surface area contributed by atoms with Gasteiger partial charge in [-0.25, -0.2) is 4.79 Å². The van der Waals surface area contributed by atoms with Crippen LogP contribution in [0.15, 0.2) is 4.99 Å². The van der Waals surface area contributed by atoms with Gasteiger partial charge in [0.05, 0.1) is 0 Å². The maximum Gasteiger partial charge on any atom is 0.242 e. The second-order valence-corrected chi connectivity index (χ2v) is 3.27. The largest absolute Gasteiger partial charge is 0.242 e. The molecule has 0 aliphatic heterocycles. The molecule has 0 saturated carbocycles. The first-order valence-electron chi connectivity index (χ1n) is 3.15. The van der Waals surface area contributed by atoms with E-state index in [0.29, 0.717) is 11.0 Å². The summed E-state index contributed by atoms with van der Waals surface area (Å²) in [4.78, 5) is 13.1. The van der Waals surface area contributed by atoms with Crippen LogP contribution in [-0.4, -0.2) is 16.3 Å². The monoisotopic (exact) mass is 169 g/mol. The van der Waals surface area contributed by atoms with E-state index in [1.165, 1.54) is 17.4 Å². The predicted octanol–water partition coefficient (Wildman–Crippen LogP) is 1.63. The van der Waals surface area contributed by atoms with Crippen LogP contribution < -0.4 is 0 Å². The first kappa shape index (κ1) is 8.04. The third-order valence-electron chi connectivity index (χ3n) is 1.07. The van der Waals surface area contributed by atoms with Gasteiger partial charge in [-0.05, 0) is 0 Å². The van der Waals surface area contributed by atoms with Gasteiger partial charge in [-0.2, -0.15) is 0 Å². The minimum atomic E-state index is 0.336. The Bertz CT molecular complexity index is 288. The fourth-order valence-electron chi connectivity index (χ4n) is 0.544. The van der Waals surface area contributed by atoms with Crippen LogP contribution in [0.1, 0.15) is 24.8 Å². The number of hydrogen-bond acceptors (Lipinski definition) is 5. The van der Waals surface area contributed by atoms with Crippen LogP contribution in [-0.2, 0) is 4.79 Å². The average molecular weight is 169 g/mol. The molecular weight excluding hydrogens is 162 g/mol. The molecule has 0 spiro atoms. The molecule has 11 heavy (non-hydrogen) atoms. The van der Waals surface area contributed by atoms with Crippen molar-refractivity contribution >= 4 is 22.5 Å². The molecule has 0 saturated heterocycles. The van der Waals surface area contributed by atoms with Crippen LogP contribution in [0.25, 0.3) is 0 Å². The zero-order chi connectivity index (χ0) is 8.27. The molecule has 0 N–H and O–H groups in total. The van der Waals surface area contributed by atoms with Crippen molar-refractivity contribution in [3.63, 3.8) is 0 Å². The van der Waals surface area contributed by atoms with Crippen molar-refractivity contribution in [1.82, 2.24) is 10.2 Å². The molecule has 1 rings (SSSR count). The van der Waals surface area contributed by atoms with Gasteiger partial charge in [0.1, 0.15) is 5.01 Å². The Morgan fingerprint density at radius 1 is 1.55 bits per heavy atom. The summed E-state index contributed by atoms with van der Waals surface area (Å²) in [5.41, 5.74) is 0. The smallest absolute Gasteiger partial charge is 0.211 e. The summed E-state index contributed by atoms with van der Waals surface area (Å²) in [6, 6.07) is 0. The summed E-state index contributed by atoms with van der Waals surface area (Å²) in [6.07, 6.45) is 1.42. The van der Waals surface area contributed by atoms with E-state index in [2.05, 4.69) is 15.2 Å². The molecule has 0 aliphatic carbocycles. The fraction of sp³-hybridized carbons (Fsp3) is 0.500. The Labute approximate surface area is 68.0 Å². The molecule has 0 bridgehead atoms. The number of aliphatic imine (C=N–C) groups is 1. The fourth-order valence-corrected chi connectivity index (χ4v) is 1.21. The Hall–Kier alpha value is -1.06. The molecule has 0 radical (unpaired) electrons. The maximum absolute atomic E-state index is 9.80. The summed E-state index contributed by atoms with van der Waals surface area (Å²) in [6.45, 7) is 4.02. The summed E-state index contributed by atoms with van der Waals surface area (Å²) >= 11 is 1.31. The average Bonchev–Trinajstić information content (AvgIpc) is 2.37. The van der Waals surface area contributed by atoms with Gasteiger partial charge < -0.3 is 0 Å². The molecular formula is C6H7N3OS. The topological polar surface area (TPSA) is 55.2 Å². The lowest BCUT2D eigenvalue weighted by atomic mass is 10.2. The molecule has 0 aromatic carbocycles. The van der Waals surface area contributed by atoms with Crippen molar-refractivity contribution in [2.45, 2.75) is 19.8 Å². The number of rotatable bonds is 2. The third-order valence-corrected chi connectivity index (χ3v) is 2.18. The zero-order valence-corrected chi connectivity index (χ0v) is 7.05. The molecule has 58 valence electrons. The van der Waals surface area contributed by atoms with Crippen molar-refractivity contribution in [2.75, 3.05) is 0 Å². The van der Waals surface area contributed by atoms with Crippen molar-refractivity contribution in [3.8, 4) is 0 Å². The standard InChI is InChI=1S/C6H7N3OS/c1-4(2)5-8-9-6(11-5)7-3-10/h4H,1-2H3. The van der Waals surface area contributed by atoms with E-state index in [1.807, 2.05) is 13.8 Å². The lowest BCUT2D eigenvalue weighted by Crippen LogP contribution is -1.83. The summed E-state index contributed by atoms with van der Waals surface area (Å²) < 4.78 is 0. The molecule has 0 fully saturated rings. The highest BCUT2D eigenvalue weighted by Crippen LogP contribution is 2.23. The third kappa shape index (κ3) is 1.93. The van der Waals surface area contributed by atoms with Gasteiger partial charge in [0.15, 0.2) is 0 Å². The summed E-state index contributed by atoms with van der Waals surface area (Å²) in [5, 5.41) is 8.76. The lowest BCUT2D eigenvalue weighted by Gasteiger charge is -1.92. The van der Waals surface area contributed by atoms with E-state index in [-0.39, 0.29) is 0 Å². The van der Waals surface area contributed by atoms with E-state index in [4.69, 9.17) is 0 Å². The highest BCUT2D eigenvalue weighted by atomic mass is 32.1. The van der Waals surface area contributed by atoms with Crippen molar-refractivity contribution in [2.24, 2.45) is 4.99 Å². The van der Waals surface area contributed by atoms with Crippen molar-refractivity contribution in [3.05, 3.63) is 5.01 Å². The minimum Gasteiger partial charge on any atom is -0.211 e. The molecule has 0 aliphatic rings. The van der Waals surface area contributed by atoms with Crippen LogP contribution in [0.3, 0.4) is 0 Å². The van der Waals surface area contributed by atoms with Gasteiger partial charge in [-0.1, -0.05) is 25.2 Å². The van der Waals surface area contributed by atoms with Crippen LogP contribution >= 0.6 is 11.3 Å². The lowest BCUT2D eigenvalue weighted by molar-refractivity contribution is 0.565. The minimum absolute atomic E-state index is 0.336. The van der Waals surface area contributed by atoms with Gasteiger partial charge in [0, 0.05) is 5.92 Å². The van der Waals surface area contributed by atoms with E-state index in [0.717, 1.165) is 5.01 Å². The summed E-state index contributed by atoms with van der Waals surface area (Å²) in [5.74, 6) is 0.336. The van der Waals surface area contributed by atoms with E-state index < -0.39 is 0 Å². The Morgan fingerprint density at radius 2 is 2.27 bits per heavy atom. The molecule has 0 amide bonds. The molecule has 1 aromatic heterocycles. The normalized spacial score (nSPS) is 9.73. The number of nitrogens with zero attached hydrogens (tertiary/aromatic N) is 3. The van der Waals surface area contributed by atoms with Crippen LogP contribution in [0, 0.1) is 0 Å². The number of isocyanates is 1. The van der Waals surface area contributed by atoms with Crippen LogP contribution in [0.5, 0.6) is 0 Å². The van der Waals surface area contributed by atoms with Crippen molar-refractivity contribution in [1.29, 1.82) is 0 Å². The van der Waals surface area contributed by atoms with Crippen LogP contribution in [0.2, 0.25) is 0 Å². The molecule has 1 heterocycles. The Balaban J connectivity index is 2.90. The second-order valence-electron chi connectivity index (χ2n) is 2.28. The molecule has 5 heteroatoms. The molecule has 0 atom stereocenters. The first-order valence-corrected chi connectivity index (χ1v) is 3.97. The van der Waals surface area contributed by atoms with Gasteiger partial charge in [0.2, 0.25) is 11.2 Å². The van der Waals surface area contributed by atoms with E-state index in [9.17, 15) is 4.79 Å². The zero-order valence-electron chi connectivity index (χ0n) is 6.24. The molecule has 4 nitrogen and oxygen atoms in total. The SMILES string of the molecule is CC(C)c1nnc(N=C=O)s1. The first-order chi connectivity index (χ1) is 5.24. The Morgan fingerprint density at radius 3 is 2.73 bits per heavy atom. The van der Waals surface area contributed by atoms with Gasteiger partial charge >= 0.3 is 0 Å². The van der Waals surface area contributed by atoms with Crippen molar-refractivity contribution < 1.29 is 4.79 Å². The Kier molecular flexibility index (Phi) is 2.46. The molecule has 1 aromatic rings. The van der Waals surface area contributed by atoms with E-state index in [1.54, 1.807) is 0 Å². The quantitative estimate of drug-likeness (QED) is 0.499. The van der Waals surface area contributed by atoms with Crippen LogP contribution in [0.4, 0.5) is 5.13 Å². The predicted molar refractivity (Wildman–Crippen MR) is 41.8 cm³/mol.